The third kappa shape index (κ3) is 5.02. The molecule has 0 saturated heterocycles. The monoisotopic (exact) mass is 565 g/mol. The van der Waals surface area contributed by atoms with Crippen LogP contribution in [0.5, 0.6) is 0 Å². The number of nitrogens with zero attached hydrogens (tertiary/aromatic N) is 3. The Kier molecular flexibility index (Phi) is 7.33. The third-order valence-electron chi connectivity index (χ3n) is 6.67. The normalized spacial score (nSPS) is 19.7. The average molecular weight is 567 g/mol. The summed E-state index contributed by atoms with van der Waals surface area (Å²) in [6, 6.07) is 30.7. The van der Waals surface area contributed by atoms with Gasteiger partial charge in [0.15, 0.2) is 0 Å². The van der Waals surface area contributed by atoms with Crippen LogP contribution < -0.4 is 4.90 Å². The highest BCUT2D eigenvalue weighted by Crippen LogP contribution is 2.44. The molecule has 0 N–H and O–H groups in total. The van der Waals surface area contributed by atoms with Crippen LogP contribution in [0.3, 0.4) is 0 Å². The van der Waals surface area contributed by atoms with Gasteiger partial charge in [-0.3, -0.25) is 4.99 Å². The smallest absolute Gasteiger partial charge is 0.146 e. The van der Waals surface area contributed by atoms with E-state index in [0.29, 0.717) is 20.1 Å². The largest absolute Gasteiger partial charge is 0.320 e. The van der Waals surface area contributed by atoms with E-state index in [-0.39, 0.29) is 6.04 Å². The second-order valence-corrected chi connectivity index (χ2v) is 10.7. The molecule has 0 aliphatic carbocycles. The lowest BCUT2D eigenvalue weighted by Gasteiger charge is -2.36. The highest BCUT2D eigenvalue weighted by molar-refractivity contribution is 6.31. The molecule has 1 aliphatic rings. The number of benzene rings is 4. The van der Waals surface area contributed by atoms with Crippen LogP contribution in [0, 0.1) is 0 Å². The first-order chi connectivity index (χ1) is 17.8. The molecule has 0 fully saturated rings. The summed E-state index contributed by atoms with van der Waals surface area (Å²) in [5.41, 5.74) is 3.74. The Hall–Kier alpha value is -2.82. The Morgan fingerprint density at radius 2 is 1.16 bits per heavy atom. The molecular weight excluding hydrogens is 544 g/mol. The Morgan fingerprint density at radius 1 is 0.703 bits per heavy atom. The zero-order chi connectivity index (χ0) is 26.2. The quantitative estimate of drug-likeness (QED) is 0.221. The van der Waals surface area contributed by atoms with Crippen molar-refractivity contribution in [1.82, 2.24) is 0 Å². The number of anilines is 1. The topological polar surface area (TPSA) is 28.0 Å². The number of hydrogen-bond acceptors (Lipinski definition) is 3. The van der Waals surface area contributed by atoms with Gasteiger partial charge in [0.25, 0.3) is 0 Å². The van der Waals surface area contributed by atoms with E-state index >= 15 is 0 Å². The summed E-state index contributed by atoms with van der Waals surface area (Å²) >= 11 is 24.9. The van der Waals surface area contributed by atoms with Crippen molar-refractivity contribution in [1.29, 1.82) is 0 Å². The van der Waals surface area contributed by atoms with Crippen molar-refractivity contribution in [3.63, 3.8) is 0 Å². The number of aliphatic imine (C=N–C) groups is 2. The lowest BCUT2D eigenvalue weighted by molar-refractivity contribution is 0.528. The third-order valence-corrected chi connectivity index (χ3v) is 7.68. The molecule has 186 valence electrons. The van der Waals surface area contributed by atoms with E-state index in [1.54, 1.807) is 0 Å². The molecule has 1 heterocycles. The van der Waals surface area contributed by atoms with Crippen molar-refractivity contribution in [3.8, 4) is 0 Å². The summed E-state index contributed by atoms with van der Waals surface area (Å²) in [7, 11) is 0. The standard InChI is InChI=1S/C30H23Cl4N3/c1-19(35-27-15-11-25(33)12-16-27)30(22-5-9-24(32)10-6-22)20(2)37(28-17-13-26(34)14-18-28)29(36-30)21-3-7-23(31)8-4-21/h3-18,20H,1-2H3. The van der Waals surface area contributed by atoms with Crippen LogP contribution in [-0.4, -0.2) is 17.6 Å². The molecule has 3 nitrogen and oxygen atoms in total. The Labute approximate surface area is 237 Å². The first-order valence-corrected chi connectivity index (χ1v) is 13.3. The van der Waals surface area contributed by atoms with E-state index in [2.05, 4.69) is 11.8 Å². The van der Waals surface area contributed by atoms with Crippen LogP contribution in [0.1, 0.15) is 25.0 Å². The Morgan fingerprint density at radius 3 is 1.70 bits per heavy atom. The zero-order valence-electron chi connectivity index (χ0n) is 20.2. The van der Waals surface area contributed by atoms with Crippen molar-refractivity contribution in [2.75, 3.05) is 4.90 Å². The van der Waals surface area contributed by atoms with Gasteiger partial charge in [-0.25, -0.2) is 4.99 Å². The first-order valence-electron chi connectivity index (χ1n) is 11.8. The molecule has 2 atom stereocenters. The highest BCUT2D eigenvalue weighted by atomic mass is 35.5. The molecule has 5 rings (SSSR count). The van der Waals surface area contributed by atoms with Gasteiger partial charge >= 0.3 is 0 Å². The lowest BCUT2D eigenvalue weighted by Crippen LogP contribution is -2.47. The maximum absolute atomic E-state index is 6.29. The summed E-state index contributed by atoms with van der Waals surface area (Å²) in [5.74, 6) is 0.812. The van der Waals surface area contributed by atoms with Crippen molar-refractivity contribution >= 4 is 69.3 Å². The summed E-state index contributed by atoms with van der Waals surface area (Å²) in [6.07, 6.45) is 0. The van der Waals surface area contributed by atoms with Crippen LogP contribution in [0.2, 0.25) is 20.1 Å². The van der Waals surface area contributed by atoms with Crippen LogP contribution >= 0.6 is 46.4 Å². The average Bonchev–Trinajstić information content (AvgIpc) is 3.20. The van der Waals surface area contributed by atoms with Crippen molar-refractivity contribution in [2.45, 2.75) is 25.4 Å². The fraction of sp³-hybridized carbons (Fsp3) is 0.133. The molecule has 1 aliphatic heterocycles. The van der Waals surface area contributed by atoms with Crippen molar-refractivity contribution in [3.05, 3.63) is 128 Å². The van der Waals surface area contributed by atoms with E-state index in [1.165, 1.54) is 0 Å². The van der Waals surface area contributed by atoms with E-state index < -0.39 is 5.54 Å². The first kappa shape index (κ1) is 25.8. The summed E-state index contributed by atoms with van der Waals surface area (Å²) in [6.45, 7) is 4.19. The lowest BCUT2D eigenvalue weighted by atomic mass is 9.80. The van der Waals surface area contributed by atoms with Crippen molar-refractivity contribution in [2.24, 2.45) is 9.98 Å². The van der Waals surface area contributed by atoms with Gasteiger partial charge in [0.05, 0.1) is 11.7 Å². The summed E-state index contributed by atoms with van der Waals surface area (Å²) in [4.78, 5) is 12.7. The van der Waals surface area contributed by atoms with Crippen molar-refractivity contribution < 1.29 is 0 Å². The minimum atomic E-state index is -0.807. The SMILES string of the molecule is CC(=Nc1ccc(Cl)cc1)C1(c2ccc(Cl)cc2)N=C(c2ccc(Cl)cc2)N(c2ccc(Cl)cc2)C1C. The minimum absolute atomic E-state index is 0.142. The van der Waals surface area contributed by atoms with Crippen LogP contribution in [-0.2, 0) is 5.54 Å². The van der Waals surface area contributed by atoms with Gasteiger partial charge < -0.3 is 4.90 Å². The number of halogens is 4. The van der Waals surface area contributed by atoms with Crippen LogP contribution in [0.25, 0.3) is 0 Å². The molecule has 0 bridgehead atoms. The zero-order valence-corrected chi connectivity index (χ0v) is 23.2. The molecule has 2 unspecified atom stereocenters. The molecule has 7 heteroatoms. The predicted octanol–water partition coefficient (Wildman–Crippen LogP) is 9.64. The summed E-state index contributed by atoms with van der Waals surface area (Å²) < 4.78 is 0. The van der Waals surface area contributed by atoms with Crippen LogP contribution in [0.15, 0.2) is 107 Å². The minimum Gasteiger partial charge on any atom is -0.320 e. The molecule has 0 amide bonds. The number of hydrogen-bond donors (Lipinski definition) is 0. The van der Waals surface area contributed by atoms with E-state index in [1.807, 2.05) is 104 Å². The van der Waals surface area contributed by atoms with Gasteiger partial charge in [-0.05, 0) is 104 Å². The van der Waals surface area contributed by atoms with E-state index in [9.17, 15) is 0 Å². The maximum Gasteiger partial charge on any atom is 0.146 e. The van der Waals surface area contributed by atoms with E-state index in [0.717, 1.165) is 34.0 Å². The molecule has 4 aromatic carbocycles. The molecule has 0 spiro atoms. The molecule has 0 saturated carbocycles. The number of rotatable bonds is 5. The van der Waals surface area contributed by atoms with Gasteiger partial charge in [-0.2, -0.15) is 0 Å². The van der Waals surface area contributed by atoms with Gasteiger partial charge in [0, 0.05) is 37.1 Å². The Balaban J connectivity index is 1.76. The predicted molar refractivity (Wildman–Crippen MR) is 159 cm³/mol. The Bertz CT molecular complexity index is 1460. The van der Waals surface area contributed by atoms with Gasteiger partial charge in [-0.1, -0.05) is 58.5 Å². The van der Waals surface area contributed by atoms with Gasteiger partial charge in [-0.15, -0.1) is 0 Å². The van der Waals surface area contributed by atoms with Crippen LogP contribution in [0.4, 0.5) is 11.4 Å². The number of amidine groups is 1. The van der Waals surface area contributed by atoms with Gasteiger partial charge in [0.1, 0.15) is 11.4 Å². The molecule has 0 radical (unpaired) electrons. The second kappa shape index (κ2) is 10.5. The molecule has 37 heavy (non-hydrogen) atoms. The highest BCUT2D eigenvalue weighted by Gasteiger charge is 2.50. The maximum atomic E-state index is 6.29. The molecular formula is C30H23Cl4N3. The molecule has 4 aromatic rings. The fourth-order valence-electron chi connectivity index (χ4n) is 4.83. The van der Waals surface area contributed by atoms with E-state index in [4.69, 9.17) is 56.4 Å². The van der Waals surface area contributed by atoms with Gasteiger partial charge in [0.2, 0.25) is 0 Å². The molecule has 0 aromatic heterocycles. The fourth-order valence-corrected chi connectivity index (χ4v) is 5.34. The second-order valence-electron chi connectivity index (χ2n) is 8.91. The summed E-state index contributed by atoms with van der Waals surface area (Å²) in [5, 5.41) is 2.66.